The van der Waals surface area contributed by atoms with Crippen molar-refractivity contribution < 1.29 is 18.0 Å². The minimum Gasteiger partial charge on any atom is -0.345 e. The molecule has 1 unspecified atom stereocenters. The molecule has 0 radical (unpaired) electrons. The topological polar surface area (TPSA) is 78.0 Å². The van der Waals surface area contributed by atoms with E-state index in [4.69, 9.17) is 0 Å². The Morgan fingerprint density at radius 3 is 2.38 bits per heavy atom. The van der Waals surface area contributed by atoms with Crippen molar-refractivity contribution in [1.29, 1.82) is 0 Å². The highest BCUT2D eigenvalue weighted by Crippen LogP contribution is 2.35. The summed E-state index contributed by atoms with van der Waals surface area (Å²) in [5.74, 6) is -0.169. The molecule has 0 saturated carbocycles. The first kappa shape index (κ1) is 18.8. The number of benzene rings is 1. The first-order chi connectivity index (χ1) is 12.2. The van der Waals surface area contributed by atoms with Gasteiger partial charge in [0, 0.05) is 58.5 Å². The Balaban J connectivity index is 1.87. The van der Waals surface area contributed by atoms with E-state index in [1.807, 2.05) is 18.2 Å². The second kappa shape index (κ2) is 7.00. The average molecular weight is 379 g/mol. The predicted molar refractivity (Wildman–Crippen MR) is 97.6 cm³/mol. The van der Waals surface area contributed by atoms with Gasteiger partial charge < -0.3 is 9.80 Å². The highest BCUT2D eigenvalue weighted by molar-refractivity contribution is 7.88. The molecule has 0 aliphatic carbocycles. The van der Waals surface area contributed by atoms with Crippen LogP contribution in [0.25, 0.3) is 0 Å². The maximum absolute atomic E-state index is 13.0. The molecule has 2 aliphatic rings. The van der Waals surface area contributed by atoms with Gasteiger partial charge in [-0.25, -0.2) is 8.42 Å². The Morgan fingerprint density at radius 2 is 1.81 bits per heavy atom. The van der Waals surface area contributed by atoms with E-state index >= 15 is 0 Å². The van der Waals surface area contributed by atoms with Crippen LogP contribution in [0.1, 0.15) is 18.9 Å². The molecule has 142 valence electrons. The quantitative estimate of drug-likeness (QED) is 0.768. The smallest absolute Gasteiger partial charge is 0.223 e. The van der Waals surface area contributed by atoms with Gasteiger partial charge in [-0.3, -0.25) is 9.59 Å². The second-order valence-corrected chi connectivity index (χ2v) is 9.41. The summed E-state index contributed by atoms with van der Waals surface area (Å²) >= 11 is 0. The summed E-state index contributed by atoms with van der Waals surface area (Å²) in [5.41, 5.74) is 0.187. The second-order valence-electron chi connectivity index (χ2n) is 7.44. The van der Waals surface area contributed by atoms with E-state index < -0.39 is 15.4 Å². The van der Waals surface area contributed by atoms with E-state index in [1.165, 1.54) is 11.2 Å². The number of carbonyl (C=O) groups excluding carboxylic acids is 2. The lowest BCUT2D eigenvalue weighted by atomic mass is 9.86. The summed E-state index contributed by atoms with van der Waals surface area (Å²) in [4.78, 5) is 27.4. The molecule has 1 atom stereocenters. The molecule has 2 fully saturated rings. The SMILES string of the molecule is CC(=O)N1CCN(S(=O)(=O)Cc2ccccc2)CC2(CC(=O)N(C)C2)C1. The van der Waals surface area contributed by atoms with Crippen LogP contribution in [-0.2, 0) is 25.4 Å². The van der Waals surface area contributed by atoms with Crippen molar-refractivity contribution >= 4 is 21.8 Å². The number of rotatable bonds is 3. The van der Waals surface area contributed by atoms with Crippen LogP contribution in [0.3, 0.4) is 0 Å². The van der Waals surface area contributed by atoms with E-state index in [2.05, 4.69) is 0 Å². The van der Waals surface area contributed by atoms with E-state index in [0.29, 0.717) is 19.6 Å². The number of sulfonamides is 1. The number of amides is 2. The van der Waals surface area contributed by atoms with Gasteiger partial charge in [-0.1, -0.05) is 30.3 Å². The zero-order valence-electron chi connectivity index (χ0n) is 15.2. The van der Waals surface area contributed by atoms with Crippen molar-refractivity contribution in [3.05, 3.63) is 35.9 Å². The molecule has 7 nitrogen and oxygen atoms in total. The van der Waals surface area contributed by atoms with Gasteiger partial charge in [0.05, 0.1) is 5.75 Å². The Bertz CT molecular complexity index is 796. The van der Waals surface area contributed by atoms with Gasteiger partial charge in [0.1, 0.15) is 0 Å². The standard InChI is InChI=1S/C18H25N3O4S/c1-15(22)20-8-9-21(14-18(13-20)10-17(23)19(2)12-18)26(24,25)11-16-6-4-3-5-7-16/h3-7H,8-14H2,1-2H3. The van der Waals surface area contributed by atoms with Gasteiger partial charge in [0.2, 0.25) is 21.8 Å². The van der Waals surface area contributed by atoms with Crippen molar-refractivity contribution in [1.82, 2.24) is 14.1 Å². The molecule has 26 heavy (non-hydrogen) atoms. The molecule has 8 heteroatoms. The third-order valence-electron chi connectivity index (χ3n) is 5.21. The fourth-order valence-electron chi connectivity index (χ4n) is 3.92. The van der Waals surface area contributed by atoms with Crippen molar-refractivity contribution in [2.45, 2.75) is 19.1 Å². The lowest BCUT2D eigenvalue weighted by molar-refractivity contribution is -0.130. The first-order valence-corrected chi connectivity index (χ1v) is 10.3. The molecule has 0 aromatic heterocycles. The van der Waals surface area contributed by atoms with Crippen LogP contribution in [0.4, 0.5) is 0 Å². The largest absolute Gasteiger partial charge is 0.345 e. The van der Waals surface area contributed by atoms with Gasteiger partial charge in [0.25, 0.3) is 0 Å². The van der Waals surface area contributed by atoms with Crippen LogP contribution in [0.15, 0.2) is 30.3 Å². The maximum atomic E-state index is 13.0. The lowest BCUT2D eigenvalue weighted by Gasteiger charge is -2.32. The molecular weight excluding hydrogens is 354 g/mol. The van der Waals surface area contributed by atoms with Crippen LogP contribution in [0.5, 0.6) is 0 Å². The van der Waals surface area contributed by atoms with Gasteiger partial charge in [-0.15, -0.1) is 0 Å². The highest BCUT2D eigenvalue weighted by atomic mass is 32.2. The zero-order chi connectivity index (χ0) is 18.9. The van der Waals surface area contributed by atoms with Crippen LogP contribution in [0.2, 0.25) is 0 Å². The summed E-state index contributed by atoms with van der Waals surface area (Å²) in [6.45, 7) is 3.24. The number of hydrogen-bond donors (Lipinski definition) is 0. The highest BCUT2D eigenvalue weighted by Gasteiger charge is 2.47. The summed E-state index contributed by atoms with van der Waals surface area (Å²) in [6, 6.07) is 9.06. The summed E-state index contributed by atoms with van der Waals surface area (Å²) < 4.78 is 27.5. The number of hydrogen-bond acceptors (Lipinski definition) is 4. The zero-order valence-corrected chi connectivity index (χ0v) is 16.0. The van der Waals surface area contributed by atoms with Crippen LogP contribution in [0, 0.1) is 5.41 Å². The van der Waals surface area contributed by atoms with E-state index in [0.717, 1.165) is 5.56 Å². The number of likely N-dealkylation sites (tertiary alicyclic amines) is 1. The molecule has 3 rings (SSSR count). The van der Waals surface area contributed by atoms with Crippen molar-refractivity contribution in [2.24, 2.45) is 5.41 Å². The minimum atomic E-state index is -3.54. The molecule has 1 aromatic carbocycles. The number of carbonyl (C=O) groups is 2. The molecule has 1 spiro atoms. The molecule has 0 bridgehead atoms. The normalized spacial score (nSPS) is 24.9. The van der Waals surface area contributed by atoms with Crippen molar-refractivity contribution in [3.8, 4) is 0 Å². The Labute approximate surface area is 154 Å². The van der Waals surface area contributed by atoms with Gasteiger partial charge in [-0.05, 0) is 5.56 Å². The summed E-state index contributed by atoms with van der Waals surface area (Å²) in [5, 5.41) is 0. The number of nitrogens with zero attached hydrogens (tertiary/aromatic N) is 3. The summed E-state index contributed by atoms with van der Waals surface area (Å²) in [6.07, 6.45) is 0.268. The van der Waals surface area contributed by atoms with E-state index in [9.17, 15) is 18.0 Å². The fourth-order valence-corrected chi connectivity index (χ4v) is 5.54. The third-order valence-corrected chi connectivity index (χ3v) is 7.01. The maximum Gasteiger partial charge on any atom is 0.223 e. The first-order valence-electron chi connectivity index (χ1n) is 8.72. The summed E-state index contributed by atoms with van der Waals surface area (Å²) in [7, 11) is -1.82. The van der Waals surface area contributed by atoms with Crippen LogP contribution in [-0.4, -0.2) is 74.1 Å². The van der Waals surface area contributed by atoms with Gasteiger partial charge in [0.15, 0.2) is 0 Å². The molecular formula is C18H25N3O4S. The Kier molecular flexibility index (Phi) is 5.07. The molecule has 2 aliphatic heterocycles. The molecule has 2 heterocycles. The van der Waals surface area contributed by atoms with E-state index in [-0.39, 0.29) is 37.1 Å². The minimum absolute atomic E-state index is 0.00388. The Hall–Kier alpha value is -1.93. The molecule has 1 aromatic rings. The monoisotopic (exact) mass is 379 g/mol. The van der Waals surface area contributed by atoms with Crippen LogP contribution >= 0.6 is 0 Å². The Morgan fingerprint density at radius 1 is 1.12 bits per heavy atom. The molecule has 2 amide bonds. The fraction of sp³-hybridized carbons (Fsp3) is 0.556. The molecule has 2 saturated heterocycles. The van der Waals surface area contributed by atoms with Crippen molar-refractivity contribution in [3.63, 3.8) is 0 Å². The average Bonchev–Trinajstić information content (AvgIpc) is 2.73. The molecule has 0 N–H and O–H groups in total. The lowest BCUT2D eigenvalue weighted by Crippen LogP contribution is -2.45. The predicted octanol–water partition coefficient (Wildman–Crippen LogP) is 0.529. The van der Waals surface area contributed by atoms with E-state index in [1.54, 1.807) is 29.0 Å². The van der Waals surface area contributed by atoms with Crippen molar-refractivity contribution in [2.75, 3.05) is 39.8 Å². The van der Waals surface area contributed by atoms with Crippen LogP contribution < -0.4 is 0 Å². The van der Waals surface area contributed by atoms with Gasteiger partial charge >= 0.3 is 0 Å². The third kappa shape index (κ3) is 3.91. The van der Waals surface area contributed by atoms with Gasteiger partial charge in [-0.2, -0.15) is 4.31 Å².